The number of likely N-dealkylation sites (tertiary alicyclic amines) is 1. The number of hydrogen-bond acceptors (Lipinski definition) is 5. The molecule has 0 radical (unpaired) electrons. The van der Waals surface area contributed by atoms with Crippen molar-refractivity contribution < 1.29 is 14.4 Å². The Balaban J connectivity index is 1.32. The van der Waals surface area contributed by atoms with E-state index in [9.17, 15) is 14.4 Å². The van der Waals surface area contributed by atoms with Crippen molar-refractivity contribution in [2.75, 3.05) is 25.0 Å². The van der Waals surface area contributed by atoms with Crippen LogP contribution in [-0.2, 0) is 16.1 Å². The Bertz CT molecular complexity index is 1020. The molecule has 1 fully saturated rings. The number of para-hydroxylation sites is 1. The number of fused-ring (bicyclic) bond motifs is 1. The molecular weight excluding hydrogens is 396 g/mol. The number of nitrogens with zero attached hydrogens (tertiary/aromatic N) is 3. The maximum Gasteiger partial charge on any atom is 0.255 e. The van der Waals surface area contributed by atoms with E-state index >= 15 is 0 Å². The molecule has 2 aliphatic rings. The first-order valence-corrected chi connectivity index (χ1v) is 10.6. The number of aromatic nitrogens is 2. The molecule has 3 N–H and O–H groups in total. The van der Waals surface area contributed by atoms with Gasteiger partial charge in [0, 0.05) is 37.3 Å². The Morgan fingerprint density at radius 1 is 1.19 bits per heavy atom. The highest BCUT2D eigenvalue weighted by molar-refractivity contribution is 6.02. The van der Waals surface area contributed by atoms with Gasteiger partial charge in [-0.2, -0.15) is 5.10 Å². The van der Waals surface area contributed by atoms with Crippen molar-refractivity contribution in [3.8, 4) is 0 Å². The van der Waals surface area contributed by atoms with E-state index in [0.717, 1.165) is 17.1 Å². The number of nitrogens with one attached hydrogen (secondary N) is 3. The van der Waals surface area contributed by atoms with Gasteiger partial charge < -0.3 is 20.9 Å². The molecule has 0 bridgehead atoms. The Morgan fingerprint density at radius 2 is 2.00 bits per heavy atom. The second-order valence-corrected chi connectivity index (χ2v) is 8.27. The standard InChI is InChI=1S/C22H28N6O3/c1-15-13-16(2)28(26-15)12-10-23-19(29)14-27-11-9-22(8-7-20(27)30)24-18-6-4-3-5-17(18)21(31)25-22/h3-6,13,24H,7-12,14H2,1-2H3,(H,23,29)(H,25,31)/t22-/m0/s1. The number of hydrogen-bond donors (Lipinski definition) is 3. The highest BCUT2D eigenvalue weighted by Gasteiger charge is 2.40. The van der Waals surface area contributed by atoms with E-state index in [1.54, 1.807) is 11.0 Å². The van der Waals surface area contributed by atoms with Crippen LogP contribution in [0.2, 0.25) is 0 Å². The summed E-state index contributed by atoms with van der Waals surface area (Å²) in [6, 6.07) is 9.34. The SMILES string of the molecule is Cc1cc(C)n(CCNC(=O)CN2CC[C@]3(CCC2=O)NC(=O)c2ccccc2N3)n1. The van der Waals surface area contributed by atoms with Crippen LogP contribution in [-0.4, -0.2) is 57.7 Å². The lowest BCUT2D eigenvalue weighted by molar-refractivity contribution is -0.135. The molecular formula is C22H28N6O3. The van der Waals surface area contributed by atoms with E-state index in [4.69, 9.17) is 0 Å². The molecule has 0 unspecified atom stereocenters. The molecule has 1 spiro atoms. The predicted molar refractivity (Wildman–Crippen MR) is 115 cm³/mol. The fourth-order valence-corrected chi connectivity index (χ4v) is 4.27. The quantitative estimate of drug-likeness (QED) is 0.668. The summed E-state index contributed by atoms with van der Waals surface area (Å²) in [5, 5.41) is 13.7. The second-order valence-electron chi connectivity index (χ2n) is 8.27. The summed E-state index contributed by atoms with van der Waals surface area (Å²) in [4.78, 5) is 39.2. The van der Waals surface area contributed by atoms with Crippen LogP contribution in [0.1, 0.15) is 41.0 Å². The van der Waals surface area contributed by atoms with E-state index in [-0.39, 0.29) is 30.7 Å². The number of carbonyl (C=O) groups is 3. The van der Waals surface area contributed by atoms with Gasteiger partial charge in [-0.25, -0.2) is 0 Å². The minimum atomic E-state index is -0.679. The summed E-state index contributed by atoms with van der Waals surface area (Å²) in [5.74, 6) is -0.422. The Labute approximate surface area is 181 Å². The van der Waals surface area contributed by atoms with Crippen LogP contribution < -0.4 is 16.0 Å². The van der Waals surface area contributed by atoms with Crippen LogP contribution in [0.4, 0.5) is 5.69 Å². The van der Waals surface area contributed by atoms with Gasteiger partial charge in [0.15, 0.2) is 0 Å². The Morgan fingerprint density at radius 3 is 2.77 bits per heavy atom. The van der Waals surface area contributed by atoms with E-state index in [0.29, 0.717) is 38.0 Å². The van der Waals surface area contributed by atoms with Crippen LogP contribution in [0.25, 0.3) is 0 Å². The van der Waals surface area contributed by atoms with Gasteiger partial charge in [0.05, 0.1) is 24.3 Å². The normalized spacial score (nSPS) is 20.6. The molecule has 164 valence electrons. The number of anilines is 1. The first-order chi connectivity index (χ1) is 14.8. The van der Waals surface area contributed by atoms with Gasteiger partial charge >= 0.3 is 0 Å². The highest BCUT2D eigenvalue weighted by atomic mass is 16.2. The fourth-order valence-electron chi connectivity index (χ4n) is 4.27. The molecule has 2 aromatic rings. The Hall–Kier alpha value is -3.36. The van der Waals surface area contributed by atoms with Crippen molar-refractivity contribution in [2.45, 2.75) is 45.3 Å². The molecule has 4 rings (SSSR count). The molecule has 31 heavy (non-hydrogen) atoms. The Kier molecular flexibility index (Phi) is 5.67. The third kappa shape index (κ3) is 4.55. The number of benzene rings is 1. The lowest BCUT2D eigenvalue weighted by atomic mass is 9.95. The van der Waals surface area contributed by atoms with Crippen molar-refractivity contribution in [3.63, 3.8) is 0 Å². The van der Waals surface area contributed by atoms with Crippen molar-refractivity contribution in [2.24, 2.45) is 0 Å². The van der Waals surface area contributed by atoms with Gasteiger partial charge in [0.25, 0.3) is 5.91 Å². The van der Waals surface area contributed by atoms with Crippen LogP contribution in [0.5, 0.6) is 0 Å². The summed E-state index contributed by atoms with van der Waals surface area (Å²) in [6.45, 7) is 5.33. The largest absolute Gasteiger partial charge is 0.362 e. The van der Waals surface area contributed by atoms with Crippen molar-refractivity contribution >= 4 is 23.4 Å². The monoisotopic (exact) mass is 424 g/mol. The number of amides is 3. The number of rotatable bonds is 5. The van der Waals surface area contributed by atoms with Crippen molar-refractivity contribution in [3.05, 3.63) is 47.3 Å². The van der Waals surface area contributed by atoms with Gasteiger partial charge in [-0.05, 0) is 38.5 Å². The molecule has 1 aromatic heterocycles. The van der Waals surface area contributed by atoms with Crippen molar-refractivity contribution in [1.82, 2.24) is 25.3 Å². The van der Waals surface area contributed by atoms with Crippen LogP contribution >= 0.6 is 0 Å². The minimum absolute atomic E-state index is 0.0105. The van der Waals surface area contributed by atoms with E-state index < -0.39 is 5.66 Å². The average molecular weight is 425 g/mol. The van der Waals surface area contributed by atoms with Crippen LogP contribution in [0.15, 0.2) is 30.3 Å². The average Bonchev–Trinajstić information content (AvgIpc) is 2.98. The fraction of sp³-hybridized carbons (Fsp3) is 0.455. The molecule has 3 amide bonds. The summed E-state index contributed by atoms with van der Waals surface area (Å²) < 4.78 is 1.85. The topological polar surface area (TPSA) is 108 Å². The summed E-state index contributed by atoms with van der Waals surface area (Å²) in [5.41, 5.74) is 2.68. The van der Waals surface area contributed by atoms with Gasteiger partial charge in [0.2, 0.25) is 11.8 Å². The number of carbonyl (C=O) groups excluding carboxylic acids is 3. The van der Waals surface area contributed by atoms with Crippen LogP contribution in [0.3, 0.4) is 0 Å². The highest BCUT2D eigenvalue weighted by Crippen LogP contribution is 2.31. The smallest absolute Gasteiger partial charge is 0.255 e. The van der Waals surface area contributed by atoms with E-state index in [2.05, 4.69) is 21.0 Å². The zero-order valence-electron chi connectivity index (χ0n) is 17.9. The molecule has 0 aliphatic carbocycles. The zero-order valence-corrected chi connectivity index (χ0v) is 17.9. The van der Waals surface area contributed by atoms with Gasteiger partial charge in [-0.1, -0.05) is 12.1 Å². The molecule has 2 aliphatic heterocycles. The maximum atomic E-state index is 12.6. The molecule has 9 heteroatoms. The maximum absolute atomic E-state index is 12.6. The summed E-state index contributed by atoms with van der Waals surface area (Å²) >= 11 is 0. The lowest BCUT2D eigenvalue weighted by Crippen LogP contribution is -2.58. The first-order valence-electron chi connectivity index (χ1n) is 10.6. The summed E-state index contributed by atoms with van der Waals surface area (Å²) in [6.07, 6.45) is 1.26. The predicted octanol–water partition coefficient (Wildman–Crippen LogP) is 1.18. The van der Waals surface area contributed by atoms with Gasteiger partial charge in [0.1, 0.15) is 5.66 Å². The second kappa shape index (κ2) is 8.41. The number of aryl methyl sites for hydroxylation is 2. The lowest BCUT2D eigenvalue weighted by Gasteiger charge is -2.39. The molecule has 1 atom stereocenters. The van der Waals surface area contributed by atoms with Crippen LogP contribution in [0, 0.1) is 13.8 Å². The van der Waals surface area contributed by atoms with E-state index in [1.807, 2.05) is 42.8 Å². The summed E-state index contributed by atoms with van der Waals surface area (Å²) in [7, 11) is 0. The van der Waals surface area contributed by atoms with Crippen molar-refractivity contribution in [1.29, 1.82) is 0 Å². The third-order valence-electron chi connectivity index (χ3n) is 5.91. The van der Waals surface area contributed by atoms with E-state index in [1.165, 1.54) is 0 Å². The first kappa shape index (κ1) is 20.9. The molecule has 1 aromatic carbocycles. The minimum Gasteiger partial charge on any atom is -0.362 e. The molecule has 1 saturated heterocycles. The molecule has 3 heterocycles. The van der Waals surface area contributed by atoms with Gasteiger partial charge in [-0.15, -0.1) is 0 Å². The zero-order chi connectivity index (χ0) is 22.0. The van der Waals surface area contributed by atoms with Gasteiger partial charge in [-0.3, -0.25) is 19.1 Å². The molecule has 0 saturated carbocycles. The molecule has 9 nitrogen and oxygen atoms in total. The third-order valence-corrected chi connectivity index (χ3v) is 5.91.